The molecule has 0 heterocycles. The number of nitrogens with one attached hydrogen (secondary N) is 1. The molecular weight excluding hydrogens is 300 g/mol. The van der Waals surface area contributed by atoms with Crippen molar-refractivity contribution in [2.75, 3.05) is 19.4 Å². The summed E-state index contributed by atoms with van der Waals surface area (Å²) in [7, 11) is 3.41. The van der Waals surface area contributed by atoms with E-state index in [1.165, 1.54) is 21.6 Å². The molecule has 4 heteroatoms. The van der Waals surface area contributed by atoms with Crippen molar-refractivity contribution < 1.29 is 9.59 Å². The lowest BCUT2D eigenvalue weighted by Gasteiger charge is -2.12. The van der Waals surface area contributed by atoms with Crippen molar-refractivity contribution in [2.45, 2.75) is 26.7 Å². The summed E-state index contributed by atoms with van der Waals surface area (Å²) >= 11 is 0. The molecular formula is C20H24N2O2. The second-order valence-corrected chi connectivity index (χ2v) is 6.26. The zero-order valence-electron chi connectivity index (χ0n) is 14.7. The molecule has 1 N–H and O–H groups in total. The van der Waals surface area contributed by atoms with Gasteiger partial charge in [-0.05, 0) is 49.6 Å². The summed E-state index contributed by atoms with van der Waals surface area (Å²) in [6, 6.07) is 13.3. The number of carbonyl (C=O) groups excluding carboxylic acids is 2. The average Bonchev–Trinajstić information content (AvgIpc) is 2.53. The molecule has 0 aliphatic carbocycles. The molecule has 0 spiro atoms. The van der Waals surface area contributed by atoms with E-state index in [-0.39, 0.29) is 11.8 Å². The standard InChI is InChI=1S/C20H24N2O2/c1-14-8-9-16(15(2)12-14)10-11-19(23)21-18-7-5-6-17(13-18)20(24)22(3)4/h5-9,12-13H,10-11H2,1-4H3,(H,21,23). The summed E-state index contributed by atoms with van der Waals surface area (Å²) in [4.78, 5) is 25.7. The number of nitrogens with zero attached hydrogens (tertiary/aromatic N) is 1. The third-order valence-corrected chi connectivity index (χ3v) is 3.92. The fourth-order valence-corrected chi connectivity index (χ4v) is 2.59. The van der Waals surface area contributed by atoms with Crippen molar-refractivity contribution in [3.8, 4) is 0 Å². The Balaban J connectivity index is 1.97. The van der Waals surface area contributed by atoms with E-state index < -0.39 is 0 Å². The number of rotatable bonds is 5. The van der Waals surface area contributed by atoms with Gasteiger partial charge in [-0.15, -0.1) is 0 Å². The van der Waals surface area contributed by atoms with Gasteiger partial charge in [0.05, 0.1) is 0 Å². The van der Waals surface area contributed by atoms with Gasteiger partial charge in [0, 0.05) is 31.8 Å². The number of benzene rings is 2. The van der Waals surface area contributed by atoms with Crippen LogP contribution in [0, 0.1) is 13.8 Å². The molecule has 0 saturated heterocycles. The summed E-state index contributed by atoms with van der Waals surface area (Å²) in [5.41, 5.74) is 4.83. The van der Waals surface area contributed by atoms with Crippen molar-refractivity contribution in [3.05, 3.63) is 64.7 Å². The van der Waals surface area contributed by atoms with E-state index in [0.29, 0.717) is 24.1 Å². The third kappa shape index (κ3) is 4.69. The Morgan fingerprint density at radius 1 is 1.04 bits per heavy atom. The summed E-state index contributed by atoms with van der Waals surface area (Å²) in [5.74, 6) is -0.134. The SMILES string of the molecule is Cc1ccc(CCC(=O)Nc2cccc(C(=O)N(C)C)c2)c(C)c1. The Labute approximate surface area is 143 Å². The highest BCUT2D eigenvalue weighted by atomic mass is 16.2. The Morgan fingerprint density at radius 2 is 1.79 bits per heavy atom. The maximum absolute atomic E-state index is 12.2. The lowest BCUT2D eigenvalue weighted by atomic mass is 10.0. The van der Waals surface area contributed by atoms with Crippen LogP contribution in [0.25, 0.3) is 0 Å². The van der Waals surface area contributed by atoms with Crippen molar-refractivity contribution in [1.29, 1.82) is 0 Å². The van der Waals surface area contributed by atoms with Crippen LogP contribution in [-0.4, -0.2) is 30.8 Å². The number of hydrogen-bond acceptors (Lipinski definition) is 2. The zero-order chi connectivity index (χ0) is 17.7. The predicted molar refractivity (Wildman–Crippen MR) is 97.3 cm³/mol. The quantitative estimate of drug-likeness (QED) is 0.914. The minimum absolute atomic E-state index is 0.0515. The van der Waals surface area contributed by atoms with Gasteiger partial charge in [-0.3, -0.25) is 9.59 Å². The number of anilines is 1. The summed E-state index contributed by atoms with van der Waals surface area (Å²) in [6.45, 7) is 4.13. The molecule has 0 aliphatic rings. The summed E-state index contributed by atoms with van der Waals surface area (Å²) < 4.78 is 0. The van der Waals surface area contributed by atoms with Crippen LogP contribution in [0.15, 0.2) is 42.5 Å². The molecule has 2 rings (SSSR count). The third-order valence-electron chi connectivity index (χ3n) is 3.92. The largest absolute Gasteiger partial charge is 0.345 e. The maximum Gasteiger partial charge on any atom is 0.253 e. The summed E-state index contributed by atoms with van der Waals surface area (Å²) in [6.07, 6.45) is 1.12. The average molecular weight is 324 g/mol. The van der Waals surface area contributed by atoms with Crippen LogP contribution >= 0.6 is 0 Å². The Hall–Kier alpha value is -2.62. The zero-order valence-corrected chi connectivity index (χ0v) is 14.7. The van der Waals surface area contributed by atoms with Crippen molar-refractivity contribution in [3.63, 3.8) is 0 Å². The number of carbonyl (C=O) groups is 2. The molecule has 2 amide bonds. The van der Waals surface area contributed by atoms with E-state index in [1.807, 2.05) is 0 Å². The molecule has 0 unspecified atom stereocenters. The number of hydrogen-bond donors (Lipinski definition) is 1. The van der Waals surface area contributed by atoms with E-state index in [1.54, 1.807) is 38.4 Å². The Bertz CT molecular complexity index is 751. The lowest BCUT2D eigenvalue weighted by molar-refractivity contribution is -0.116. The van der Waals surface area contributed by atoms with Crippen LogP contribution in [0.3, 0.4) is 0 Å². The molecule has 0 saturated carbocycles. The molecule has 2 aromatic rings. The molecule has 24 heavy (non-hydrogen) atoms. The van der Waals surface area contributed by atoms with Crippen molar-refractivity contribution in [2.24, 2.45) is 0 Å². The van der Waals surface area contributed by atoms with E-state index in [0.717, 1.165) is 0 Å². The molecule has 0 fully saturated rings. The van der Waals surface area contributed by atoms with Gasteiger partial charge in [-0.25, -0.2) is 0 Å². The molecule has 0 bridgehead atoms. The van der Waals surface area contributed by atoms with Crippen LogP contribution in [0.1, 0.15) is 33.5 Å². The monoisotopic (exact) mass is 324 g/mol. The fourth-order valence-electron chi connectivity index (χ4n) is 2.59. The van der Waals surface area contributed by atoms with Gasteiger partial charge >= 0.3 is 0 Å². The highest BCUT2D eigenvalue weighted by Gasteiger charge is 2.10. The highest BCUT2D eigenvalue weighted by Crippen LogP contribution is 2.15. The maximum atomic E-state index is 12.2. The highest BCUT2D eigenvalue weighted by molar-refractivity contribution is 5.97. The van der Waals surface area contributed by atoms with Gasteiger partial charge in [0.25, 0.3) is 5.91 Å². The van der Waals surface area contributed by atoms with E-state index >= 15 is 0 Å². The minimum Gasteiger partial charge on any atom is -0.345 e. The summed E-state index contributed by atoms with van der Waals surface area (Å²) in [5, 5.41) is 2.87. The number of amides is 2. The number of aryl methyl sites for hydroxylation is 3. The molecule has 0 atom stereocenters. The van der Waals surface area contributed by atoms with Crippen LogP contribution in [0.4, 0.5) is 5.69 Å². The first-order chi connectivity index (χ1) is 11.4. The molecule has 0 aromatic heterocycles. The van der Waals surface area contributed by atoms with E-state index in [2.05, 4.69) is 37.4 Å². The van der Waals surface area contributed by atoms with Crippen molar-refractivity contribution >= 4 is 17.5 Å². The van der Waals surface area contributed by atoms with Crippen LogP contribution < -0.4 is 5.32 Å². The van der Waals surface area contributed by atoms with E-state index in [9.17, 15) is 9.59 Å². The van der Waals surface area contributed by atoms with Gasteiger partial charge in [0.2, 0.25) is 5.91 Å². The van der Waals surface area contributed by atoms with Gasteiger partial charge in [-0.2, -0.15) is 0 Å². The van der Waals surface area contributed by atoms with Gasteiger partial charge in [0.15, 0.2) is 0 Å². The molecule has 126 valence electrons. The molecule has 2 aromatic carbocycles. The van der Waals surface area contributed by atoms with Crippen molar-refractivity contribution in [1.82, 2.24) is 4.90 Å². The van der Waals surface area contributed by atoms with Gasteiger partial charge < -0.3 is 10.2 Å². The second kappa shape index (κ2) is 7.77. The lowest BCUT2D eigenvalue weighted by Crippen LogP contribution is -2.22. The first kappa shape index (κ1) is 17.7. The molecule has 0 radical (unpaired) electrons. The smallest absolute Gasteiger partial charge is 0.253 e. The van der Waals surface area contributed by atoms with Gasteiger partial charge in [-0.1, -0.05) is 29.8 Å². The minimum atomic E-state index is -0.0821. The Kier molecular flexibility index (Phi) is 5.74. The predicted octanol–water partition coefficient (Wildman–Crippen LogP) is 3.58. The first-order valence-corrected chi connectivity index (χ1v) is 8.04. The topological polar surface area (TPSA) is 49.4 Å². The van der Waals surface area contributed by atoms with Crippen LogP contribution in [-0.2, 0) is 11.2 Å². The first-order valence-electron chi connectivity index (χ1n) is 8.04. The fraction of sp³-hybridized carbons (Fsp3) is 0.300. The molecule has 0 aliphatic heterocycles. The normalized spacial score (nSPS) is 10.3. The second-order valence-electron chi connectivity index (χ2n) is 6.26. The molecule has 4 nitrogen and oxygen atoms in total. The van der Waals surface area contributed by atoms with Gasteiger partial charge in [0.1, 0.15) is 0 Å². The van der Waals surface area contributed by atoms with E-state index in [4.69, 9.17) is 0 Å². The van der Waals surface area contributed by atoms with Crippen LogP contribution in [0.5, 0.6) is 0 Å². The Morgan fingerprint density at radius 3 is 2.46 bits per heavy atom. The van der Waals surface area contributed by atoms with Crippen LogP contribution in [0.2, 0.25) is 0 Å².